The van der Waals surface area contributed by atoms with Gasteiger partial charge in [0.05, 0.1) is 4.92 Å². The summed E-state index contributed by atoms with van der Waals surface area (Å²) in [5.74, 6) is 0. The first kappa shape index (κ1) is 14.2. The Labute approximate surface area is 109 Å². The van der Waals surface area contributed by atoms with Crippen molar-refractivity contribution in [1.29, 1.82) is 0 Å². The van der Waals surface area contributed by atoms with E-state index in [1.165, 1.54) is 18.2 Å². The average Bonchev–Trinajstić information content (AvgIpc) is 2.13. The van der Waals surface area contributed by atoms with Crippen LogP contribution in [0.25, 0.3) is 0 Å². The van der Waals surface area contributed by atoms with Gasteiger partial charge in [-0.2, -0.15) is 0 Å². The van der Waals surface area contributed by atoms with Crippen molar-refractivity contribution < 1.29 is 14.5 Å². The number of rotatable bonds is 2. The number of nitro benzene ring substituents is 1. The highest BCUT2D eigenvalue weighted by atomic mass is 35.5. The molecule has 0 aliphatic carbocycles. The van der Waals surface area contributed by atoms with E-state index in [-0.39, 0.29) is 10.7 Å². The van der Waals surface area contributed by atoms with E-state index in [2.05, 4.69) is 5.32 Å². The van der Waals surface area contributed by atoms with Crippen molar-refractivity contribution in [3.05, 3.63) is 33.3 Å². The van der Waals surface area contributed by atoms with E-state index in [9.17, 15) is 14.9 Å². The van der Waals surface area contributed by atoms with Gasteiger partial charge in [0.1, 0.15) is 10.6 Å². The van der Waals surface area contributed by atoms with Gasteiger partial charge in [0.25, 0.3) is 5.69 Å². The van der Waals surface area contributed by atoms with Gasteiger partial charge in [-0.15, -0.1) is 0 Å². The van der Waals surface area contributed by atoms with Gasteiger partial charge in [-0.3, -0.25) is 15.4 Å². The predicted octanol–water partition coefficient (Wildman–Crippen LogP) is 3.60. The molecule has 0 aliphatic rings. The Morgan fingerprint density at radius 2 is 2.06 bits per heavy atom. The quantitative estimate of drug-likeness (QED) is 0.659. The normalized spacial score (nSPS) is 10.9. The minimum absolute atomic E-state index is 0.0476. The topological polar surface area (TPSA) is 81.5 Å². The molecule has 1 aromatic rings. The number of nitrogens with zero attached hydrogens (tertiary/aromatic N) is 1. The molecule has 18 heavy (non-hydrogen) atoms. The number of ether oxygens (including phenoxy) is 1. The highest BCUT2D eigenvalue weighted by Crippen LogP contribution is 2.27. The number of hydrogen-bond donors (Lipinski definition) is 1. The maximum absolute atomic E-state index is 11.4. The van der Waals surface area contributed by atoms with Crippen LogP contribution in [0.1, 0.15) is 20.8 Å². The van der Waals surface area contributed by atoms with Crippen LogP contribution in [0, 0.1) is 10.1 Å². The molecule has 0 saturated carbocycles. The van der Waals surface area contributed by atoms with Crippen LogP contribution in [0.5, 0.6) is 0 Å². The van der Waals surface area contributed by atoms with Crippen LogP contribution in [-0.2, 0) is 4.74 Å². The van der Waals surface area contributed by atoms with E-state index in [1.807, 2.05) is 0 Å². The Kier molecular flexibility index (Phi) is 4.13. The van der Waals surface area contributed by atoms with Gasteiger partial charge in [-0.1, -0.05) is 11.6 Å². The number of carbonyl (C=O) groups is 1. The molecular formula is C11H13ClN2O4. The van der Waals surface area contributed by atoms with E-state index >= 15 is 0 Å². The summed E-state index contributed by atoms with van der Waals surface area (Å²) in [6, 6.07) is 3.90. The van der Waals surface area contributed by atoms with Crippen molar-refractivity contribution in [3.63, 3.8) is 0 Å². The molecule has 1 N–H and O–H groups in total. The van der Waals surface area contributed by atoms with E-state index < -0.39 is 16.6 Å². The standard InChI is InChI=1S/C11H13ClN2O4/c1-11(2,3)18-10(15)13-7-4-5-9(14(16)17)8(12)6-7/h4-6H,1-3H3,(H,13,15). The molecule has 0 heterocycles. The smallest absolute Gasteiger partial charge is 0.412 e. The number of nitrogens with one attached hydrogen (secondary N) is 1. The van der Waals surface area contributed by atoms with Gasteiger partial charge >= 0.3 is 6.09 Å². The zero-order valence-corrected chi connectivity index (χ0v) is 10.9. The zero-order chi connectivity index (χ0) is 13.9. The third-order valence-corrected chi connectivity index (χ3v) is 2.09. The summed E-state index contributed by atoms with van der Waals surface area (Å²) in [5, 5.41) is 12.9. The third kappa shape index (κ3) is 4.21. The molecule has 0 spiro atoms. The maximum atomic E-state index is 11.4. The minimum Gasteiger partial charge on any atom is -0.444 e. The fourth-order valence-corrected chi connectivity index (χ4v) is 1.40. The van der Waals surface area contributed by atoms with Crippen molar-refractivity contribution in [1.82, 2.24) is 0 Å². The molecule has 6 nitrogen and oxygen atoms in total. The minimum atomic E-state index is -0.646. The molecule has 0 aromatic heterocycles. The lowest BCUT2D eigenvalue weighted by molar-refractivity contribution is -0.384. The summed E-state index contributed by atoms with van der Waals surface area (Å²) in [7, 11) is 0. The molecule has 98 valence electrons. The number of carbonyl (C=O) groups excluding carboxylic acids is 1. The first-order valence-electron chi connectivity index (χ1n) is 5.13. The van der Waals surface area contributed by atoms with Gasteiger partial charge < -0.3 is 4.74 Å². The predicted molar refractivity (Wildman–Crippen MR) is 68.0 cm³/mol. The van der Waals surface area contributed by atoms with Crippen LogP contribution in [-0.4, -0.2) is 16.6 Å². The van der Waals surface area contributed by atoms with E-state index in [4.69, 9.17) is 16.3 Å². The number of amides is 1. The van der Waals surface area contributed by atoms with Crippen molar-refractivity contribution in [2.24, 2.45) is 0 Å². The Balaban J connectivity index is 2.78. The molecule has 1 aromatic carbocycles. The molecule has 0 radical (unpaired) electrons. The fourth-order valence-electron chi connectivity index (χ4n) is 1.15. The average molecular weight is 273 g/mol. The van der Waals surface area contributed by atoms with Crippen molar-refractivity contribution in [2.45, 2.75) is 26.4 Å². The summed E-state index contributed by atoms with van der Waals surface area (Å²) >= 11 is 5.71. The van der Waals surface area contributed by atoms with Gasteiger partial charge in [-0.25, -0.2) is 4.79 Å². The molecule has 1 rings (SSSR count). The van der Waals surface area contributed by atoms with Crippen molar-refractivity contribution >= 4 is 29.1 Å². The monoisotopic (exact) mass is 272 g/mol. The summed E-state index contributed by atoms with van der Waals surface area (Å²) in [4.78, 5) is 21.4. The number of anilines is 1. The summed E-state index contributed by atoms with van der Waals surface area (Å²) in [6.07, 6.45) is -0.646. The van der Waals surface area contributed by atoms with Gasteiger partial charge in [0, 0.05) is 11.8 Å². The van der Waals surface area contributed by atoms with Crippen LogP contribution >= 0.6 is 11.6 Å². The van der Waals surface area contributed by atoms with Crippen LogP contribution in [0.3, 0.4) is 0 Å². The highest BCUT2D eigenvalue weighted by Gasteiger charge is 2.17. The second-order valence-corrected chi connectivity index (χ2v) is 4.96. The number of halogens is 1. The summed E-state index contributed by atoms with van der Waals surface area (Å²) in [6.45, 7) is 5.19. The van der Waals surface area contributed by atoms with Gasteiger partial charge in [0.15, 0.2) is 0 Å². The largest absolute Gasteiger partial charge is 0.444 e. The van der Waals surface area contributed by atoms with Crippen LogP contribution in [0.4, 0.5) is 16.2 Å². The number of hydrogen-bond acceptors (Lipinski definition) is 4. The van der Waals surface area contributed by atoms with Gasteiger partial charge in [0.2, 0.25) is 0 Å². The lowest BCUT2D eigenvalue weighted by Gasteiger charge is -2.19. The third-order valence-electron chi connectivity index (χ3n) is 1.79. The Bertz CT molecular complexity index is 482. The first-order chi connectivity index (χ1) is 8.19. The molecule has 0 saturated heterocycles. The molecule has 0 aliphatic heterocycles. The van der Waals surface area contributed by atoms with E-state index in [1.54, 1.807) is 20.8 Å². The van der Waals surface area contributed by atoms with Crippen molar-refractivity contribution in [2.75, 3.05) is 5.32 Å². The first-order valence-corrected chi connectivity index (χ1v) is 5.51. The molecule has 0 unspecified atom stereocenters. The molecule has 1 amide bonds. The Morgan fingerprint density at radius 3 is 2.50 bits per heavy atom. The molecular weight excluding hydrogens is 260 g/mol. The lowest BCUT2D eigenvalue weighted by Crippen LogP contribution is -2.27. The van der Waals surface area contributed by atoms with E-state index in [0.717, 1.165) is 0 Å². The molecule has 0 fully saturated rings. The van der Waals surface area contributed by atoms with Crippen LogP contribution in [0.2, 0.25) is 5.02 Å². The SMILES string of the molecule is CC(C)(C)OC(=O)Nc1ccc([N+](=O)[O-])c(Cl)c1. The lowest BCUT2D eigenvalue weighted by atomic mass is 10.2. The van der Waals surface area contributed by atoms with Crippen LogP contribution in [0.15, 0.2) is 18.2 Å². The Morgan fingerprint density at radius 1 is 1.44 bits per heavy atom. The fraction of sp³-hybridized carbons (Fsp3) is 0.364. The number of nitro groups is 1. The second kappa shape index (κ2) is 5.22. The van der Waals surface area contributed by atoms with Gasteiger partial charge in [-0.05, 0) is 32.9 Å². The Hall–Kier alpha value is -1.82. The number of benzene rings is 1. The summed E-state index contributed by atoms with van der Waals surface area (Å²) < 4.78 is 5.03. The maximum Gasteiger partial charge on any atom is 0.412 e. The highest BCUT2D eigenvalue weighted by molar-refractivity contribution is 6.33. The van der Waals surface area contributed by atoms with Crippen LogP contribution < -0.4 is 5.32 Å². The molecule has 0 bridgehead atoms. The molecule has 0 atom stereocenters. The zero-order valence-electron chi connectivity index (χ0n) is 10.2. The summed E-state index contributed by atoms with van der Waals surface area (Å²) in [5.41, 5.74) is -0.500. The van der Waals surface area contributed by atoms with E-state index in [0.29, 0.717) is 5.69 Å². The van der Waals surface area contributed by atoms with Crippen molar-refractivity contribution in [3.8, 4) is 0 Å². The second-order valence-electron chi connectivity index (χ2n) is 4.55. The molecule has 7 heteroatoms.